The summed E-state index contributed by atoms with van der Waals surface area (Å²) in [5, 5.41) is 13.4. The van der Waals surface area contributed by atoms with Crippen LogP contribution in [0.25, 0.3) is 5.52 Å². The first-order valence-electron chi connectivity index (χ1n) is 13.3. The zero-order valence-electron chi connectivity index (χ0n) is 23.0. The number of nitrogens with one attached hydrogen (secondary N) is 1. The monoisotopic (exact) mass is 588 g/mol. The van der Waals surface area contributed by atoms with Crippen LogP contribution in [0.4, 0.5) is 17.6 Å². The van der Waals surface area contributed by atoms with Gasteiger partial charge in [-0.1, -0.05) is 13.8 Å². The van der Waals surface area contributed by atoms with Crippen LogP contribution in [0.1, 0.15) is 49.9 Å². The van der Waals surface area contributed by atoms with Crippen LogP contribution in [0.15, 0.2) is 46.6 Å². The summed E-state index contributed by atoms with van der Waals surface area (Å²) in [6.45, 7) is 3.92. The zero-order valence-corrected chi connectivity index (χ0v) is 23.0. The minimum absolute atomic E-state index is 0.119. The van der Waals surface area contributed by atoms with Gasteiger partial charge in [0, 0.05) is 60.9 Å². The molecular formula is C28H28F4N6O4. The molecule has 0 spiro atoms. The van der Waals surface area contributed by atoms with E-state index >= 15 is 0 Å². The van der Waals surface area contributed by atoms with E-state index in [1.807, 2.05) is 0 Å². The van der Waals surface area contributed by atoms with Crippen LogP contribution in [0.2, 0.25) is 0 Å². The summed E-state index contributed by atoms with van der Waals surface area (Å²) in [5.41, 5.74) is 3.04. The lowest BCUT2D eigenvalue weighted by molar-refractivity contribution is -0.141. The molecule has 0 saturated heterocycles. The maximum Gasteiger partial charge on any atom is 0.435 e. The van der Waals surface area contributed by atoms with Gasteiger partial charge in [0.1, 0.15) is 11.6 Å². The Labute approximate surface area is 238 Å². The van der Waals surface area contributed by atoms with Crippen molar-refractivity contribution in [2.75, 3.05) is 20.3 Å². The minimum atomic E-state index is -4.65. The first-order valence-corrected chi connectivity index (χ1v) is 13.3. The molecule has 42 heavy (non-hydrogen) atoms. The van der Waals surface area contributed by atoms with E-state index < -0.39 is 17.7 Å². The number of amides is 2. The Bertz CT molecular complexity index is 1600. The zero-order chi connectivity index (χ0) is 30.2. The summed E-state index contributed by atoms with van der Waals surface area (Å²) >= 11 is 0. The van der Waals surface area contributed by atoms with Gasteiger partial charge >= 0.3 is 6.18 Å². The smallest absolute Gasteiger partial charge is 0.435 e. The Morgan fingerprint density at radius 2 is 1.76 bits per heavy atom. The van der Waals surface area contributed by atoms with E-state index in [2.05, 4.69) is 20.7 Å². The second-order valence-electron chi connectivity index (χ2n) is 10.2. The second kappa shape index (κ2) is 11.4. The highest BCUT2D eigenvalue weighted by atomic mass is 19.4. The summed E-state index contributed by atoms with van der Waals surface area (Å²) in [4.78, 5) is 24.2. The van der Waals surface area contributed by atoms with Gasteiger partial charge in [0.15, 0.2) is 5.69 Å². The summed E-state index contributed by atoms with van der Waals surface area (Å²) in [7, 11) is 1.34. The lowest BCUT2D eigenvalue weighted by Crippen LogP contribution is -2.37. The van der Waals surface area contributed by atoms with Crippen molar-refractivity contribution in [3.63, 3.8) is 0 Å². The van der Waals surface area contributed by atoms with Crippen LogP contribution in [-0.2, 0) is 15.8 Å². The third kappa shape index (κ3) is 5.78. The normalized spacial score (nSPS) is 19.5. The van der Waals surface area contributed by atoms with E-state index in [9.17, 15) is 27.2 Å². The second-order valence-corrected chi connectivity index (χ2v) is 10.2. The number of hydrazone groups is 2. The molecular weight excluding hydrogens is 560 g/mol. The van der Waals surface area contributed by atoms with Gasteiger partial charge in [0.25, 0.3) is 0 Å². The lowest BCUT2D eigenvalue weighted by Gasteiger charge is -2.28. The number of alkyl halides is 3. The molecule has 10 nitrogen and oxygen atoms in total. The molecule has 0 saturated carbocycles. The average molecular weight is 589 g/mol. The fourth-order valence-electron chi connectivity index (χ4n) is 4.98. The van der Waals surface area contributed by atoms with Crippen molar-refractivity contribution in [2.45, 2.75) is 39.3 Å². The van der Waals surface area contributed by atoms with Crippen LogP contribution in [0, 0.1) is 17.7 Å². The Kier molecular flexibility index (Phi) is 7.89. The fourth-order valence-corrected chi connectivity index (χ4v) is 4.98. The Morgan fingerprint density at radius 3 is 2.45 bits per heavy atom. The number of pyridine rings is 1. The predicted octanol–water partition coefficient (Wildman–Crippen LogP) is 4.40. The van der Waals surface area contributed by atoms with Gasteiger partial charge in [0.05, 0.1) is 30.7 Å². The number of hydrogen-bond acceptors (Lipinski definition) is 7. The maximum atomic E-state index is 14.8. The molecule has 222 valence electrons. The Balaban J connectivity index is 1.28. The van der Waals surface area contributed by atoms with Gasteiger partial charge in [-0.15, -0.1) is 0 Å². The number of methoxy groups -OCH3 is 1. The van der Waals surface area contributed by atoms with Crippen LogP contribution in [0.5, 0.6) is 11.6 Å². The van der Waals surface area contributed by atoms with E-state index in [-0.39, 0.29) is 72.4 Å². The maximum absolute atomic E-state index is 14.8. The summed E-state index contributed by atoms with van der Waals surface area (Å²) < 4.78 is 67.0. The van der Waals surface area contributed by atoms with Crippen molar-refractivity contribution in [1.29, 1.82) is 0 Å². The number of benzene rings is 1. The topological polar surface area (TPSA) is 110 Å². The molecule has 2 aromatic heterocycles. The molecule has 4 heterocycles. The van der Waals surface area contributed by atoms with Gasteiger partial charge in [0.2, 0.25) is 17.7 Å². The van der Waals surface area contributed by atoms with Gasteiger partial charge < -0.3 is 9.47 Å². The van der Waals surface area contributed by atoms with Gasteiger partial charge in [-0.05, 0) is 24.3 Å². The molecule has 2 aliphatic rings. The standard InChI is InChI=1S/C28H28F4N6O4/c1-15-11-23(39)33-34-26(15)18-6-5-17(13-20(18)29)42-10-4-9-37-24(40)12-16(2)27(36-37)19-7-8-25(41-3)38-21(19)14-22(35-38)28(30,31)32/h5-8,13-16H,4,9-12H2,1-3H3,(H,33,39). The number of hydrogen-bond donors (Lipinski definition) is 1. The molecule has 14 heteroatoms. The van der Waals surface area contributed by atoms with Crippen molar-refractivity contribution >= 4 is 28.8 Å². The van der Waals surface area contributed by atoms with Crippen molar-refractivity contribution < 1.29 is 36.6 Å². The van der Waals surface area contributed by atoms with Crippen molar-refractivity contribution in [3.05, 3.63) is 59.0 Å². The average Bonchev–Trinajstić information content (AvgIpc) is 3.39. The Morgan fingerprint density at radius 1 is 1.02 bits per heavy atom. The van der Waals surface area contributed by atoms with E-state index in [1.165, 1.54) is 24.3 Å². The van der Waals surface area contributed by atoms with Gasteiger partial charge in [-0.2, -0.15) is 33.0 Å². The first kappa shape index (κ1) is 29.0. The van der Waals surface area contributed by atoms with Crippen LogP contribution in [-0.4, -0.2) is 58.1 Å². The molecule has 2 aliphatic heterocycles. The molecule has 3 aromatic rings. The number of carbonyl (C=O) groups is 2. The van der Waals surface area contributed by atoms with Crippen molar-refractivity contribution in [3.8, 4) is 11.6 Å². The van der Waals surface area contributed by atoms with E-state index in [1.54, 1.807) is 32.0 Å². The molecule has 2 amide bonds. The highest BCUT2D eigenvalue weighted by molar-refractivity contribution is 6.10. The quantitative estimate of drug-likeness (QED) is 0.310. The molecule has 0 fully saturated rings. The SMILES string of the molecule is COc1ccc(C2=NN(CCCOc3ccc(C4=NNC(=O)CC4C)c(F)c3)C(=O)CC2C)c2cc(C(F)(F)F)nn12. The van der Waals surface area contributed by atoms with E-state index in [4.69, 9.17) is 9.47 Å². The van der Waals surface area contributed by atoms with Crippen LogP contribution in [0.3, 0.4) is 0 Å². The number of rotatable bonds is 8. The number of halogens is 4. The number of nitrogens with zero attached hydrogens (tertiary/aromatic N) is 5. The number of ether oxygens (including phenoxy) is 2. The molecule has 2 unspecified atom stereocenters. The van der Waals surface area contributed by atoms with Gasteiger partial charge in [-0.25, -0.2) is 14.8 Å². The molecule has 2 atom stereocenters. The fraction of sp³-hybridized carbons (Fsp3) is 0.393. The van der Waals surface area contributed by atoms with Crippen molar-refractivity contribution in [1.82, 2.24) is 20.0 Å². The Hall–Kier alpha value is -4.49. The van der Waals surface area contributed by atoms with Crippen LogP contribution < -0.4 is 14.9 Å². The van der Waals surface area contributed by atoms with E-state index in [0.29, 0.717) is 23.4 Å². The number of fused-ring (bicyclic) bond motifs is 1. The molecule has 5 rings (SSSR count). The third-order valence-electron chi connectivity index (χ3n) is 7.09. The largest absolute Gasteiger partial charge is 0.493 e. The number of carbonyl (C=O) groups excluding carboxylic acids is 2. The summed E-state index contributed by atoms with van der Waals surface area (Å²) in [6, 6.07) is 8.42. The minimum Gasteiger partial charge on any atom is -0.493 e. The van der Waals surface area contributed by atoms with Gasteiger partial charge in [-0.3, -0.25) is 9.59 Å². The summed E-state index contributed by atoms with van der Waals surface area (Å²) in [5.74, 6) is -1.17. The molecule has 1 aromatic carbocycles. The van der Waals surface area contributed by atoms with Crippen LogP contribution >= 0.6 is 0 Å². The highest BCUT2D eigenvalue weighted by Crippen LogP contribution is 2.33. The third-order valence-corrected chi connectivity index (χ3v) is 7.09. The predicted molar refractivity (Wildman–Crippen MR) is 144 cm³/mol. The molecule has 0 aliphatic carbocycles. The van der Waals surface area contributed by atoms with Crippen molar-refractivity contribution in [2.24, 2.45) is 22.0 Å². The molecule has 0 radical (unpaired) electrons. The molecule has 0 bridgehead atoms. The highest BCUT2D eigenvalue weighted by Gasteiger charge is 2.36. The van der Waals surface area contributed by atoms with E-state index in [0.717, 1.165) is 10.6 Å². The lowest BCUT2D eigenvalue weighted by atomic mass is 9.93. The number of aromatic nitrogens is 2. The summed E-state index contributed by atoms with van der Waals surface area (Å²) in [6.07, 6.45) is -3.96. The first-order chi connectivity index (χ1) is 20.0. The molecule has 1 N–H and O–H groups in total.